The number of aliphatic hydroxyl groups is 1. The molecule has 3 N–H and O–H groups in total. The van der Waals surface area contributed by atoms with Crippen LogP contribution in [0.3, 0.4) is 0 Å². The predicted octanol–water partition coefficient (Wildman–Crippen LogP) is 2.39. The molecule has 19 heavy (non-hydrogen) atoms. The van der Waals surface area contributed by atoms with Crippen molar-refractivity contribution in [3.63, 3.8) is 0 Å². The van der Waals surface area contributed by atoms with Gasteiger partial charge in [0, 0.05) is 25.1 Å². The molecule has 0 aliphatic carbocycles. The summed E-state index contributed by atoms with van der Waals surface area (Å²) in [6, 6.07) is 1.88. The molecule has 1 rings (SSSR count). The largest absolute Gasteiger partial charge is 0.393 e. The summed E-state index contributed by atoms with van der Waals surface area (Å²) in [4.78, 5) is 9.00. The molecule has 108 valence electrons. The van der Waals surface area contributed by atoms with Gasteiger partial charge in [0.25, 0.3) is 0 Å². The maximum absolute atomic E-state index is 9.54. The van der Waals surface area contributed by atoms with Gasteiger partial charge in [0.1, 0.15) is 17.5 Å². The van der Waals surface area contributed by atoms with Gasteiger partial charge in [0.05, 0.1) is 6.10 Å². The Morgan fingerprint density at radius 3 is 2.42 bits per heavy atom. The van der Waals surface area contributed by atoms with E-state index < -0.39 is 0 Å². The quantitative estimate of drug-likeness (QED) is 0.737. The van der Waals surface area contributed by atoms with Crippen molar-refractivity contribution in [2.24, 2.45) is 0 Å². The highest BCUT2D eigenvalue weighted by atomic mass is 16.3. The topological polar surface area (TPSA) is 70.1 Å². The highest BCUT2D eigenvalue weighted by Gasteiger charge is 2.18. The second kappa shape index (κ2) is 6.70. The van der Waals surface area contributed by atoms with Crippen molar-refractivity contribution in [2.45, 2.75) is 52.1 Å². The molecule has 0 fully saturated rings. The molecule has 0 bridgehead atoms. The van der Waals surface area contributed by atoms with Gasteiger partial charge in [-0.15, -0.1) is 0 Å². The molecule has 0 saturated carbocycles. The molecule has 1 atom stereocenters. The third kappa shape index (κ3) is 5.03. The minimum Gasteiger partial charge on any atom is -0.393 e. The molecule has 0 spiro atoms. The first-order valence-corrected chi connectivity index (χ1v) is 6.86. The average molecular weight is 266 g/mol. The zero-order valence-corrected chi connectivity index (χ0v) is 12.6. The maximum atomic E-state index is 9.54. The van der Waals surface area contributed by atoms with Gasteiger partial charge in [-0.3, -0.25) is 0 Å². The second-order valence-electron chi connectivity index (χ2n) is 5.74. The summed E-state index contributed by atoms with van der Waals surface area (Å²) in [6.07, 6.45) is 1.25. The zero-order valence-electron chi connectivity index (χ0n) is 12.6. The van der Waals surface area contributed by atoms with Gasteiger partial charge in [0.15, 0.2) is 0 Å². The monoisotopic (exact) mass is 266 g/mol. The van der Waals surface area contributed by atoms with Crippen molar-refractivity contribution in [2.75, 3.05) is 24.2 Å². The Balaban J connectivity index is 2.77. The van der Waals surface area contributed by atoms with Crippen LogP contribution in [0.25, 0.3) is 0 Å². The van der Waals surface area contributed by atoms with Crippen molar-refractivity contribution in [3.8, 4) is 0 Å². The van der Waals surface area contributed by atoms with Crippen LogP contribution in [0.2, 0.25) is 0 Å². The fourth-order valence-corrected chi connectivity index (χ4v) is 1.57. The highest BCUT2D eigenvalue weighted by Crippen LogP contribution is 2.22. The molecule has 0 radical (unpaired) electrons. The van der Waals surface area contributed by atoms with Crippen LogP contribution in [0.5, 0.6) is 0 Å². The van der Waals surface area contributed by atoms with Crippen LogP contribution in [-0.4, -0.2) is 34.8 Å². The third-order valence-electron chi connectivity index (χ3n) is 2.91. The van der Waals surface area contributed by atoms with Crippen molar-refractivity contribution >= 4 is 11.6 Å². The molecule has 0 aliphatic rings. The minimum atomic E-state index is -0.250. The van der Waals surface area contributed by atoms with E-state index in [1.165, 1.54) is 0 Å². The summed E-state index contributed by atoms with van der Waals surface area (Å²) in [7, 11) is 1.85. The van der Waals surface area contributed by atoms with Crippen molar-refractivity contribution < 1.29 is 5.11 Å². The van der Waals surface area contributed by atoms with E-state index in [2.05, 4.69) is 41.4 Å². The van der Waals surface area contributed by atoms with Crippen LogP contribution in [0.4, 0.5) is 11.6 Å². The first-order valence-electron chi connectivity index (χ1n) is 6.86. The fraction of sp³-hybridized carbons (Fsp3) is 0.714. The van der Waals surface area contributed by atoms with E-state index in [4.69, 9.17) is 0 Å². The van der Waals surface area contributed by atoms with E-state index in [0.717, 1.165) is 30.3 Å². The molecule has 0 aliphatic heterocycles. The van der Waals surface area contributed by atoms with Crippen LogP contribution < -0.4 is 10.6 Å². The van der Waals surface area contributed by atoms with Crippen molar-refractivity contribution in [3.05, 3.63) is 11.9 Å². The molecule has 1 aromatic heterocycles. The van der Waals surface area contributed by atoms with E-state index >= 15 is 0 Å². The van der Waals surface area contributed by atoms with Gasteiger partial charge < -0.3 is 15.7 Å². The number of hydrogen-bond acceptors (Lipinski definition) is 5. The van der Waals surface area contributed by atoms with E-state index in [0.29, 0.717) is 6.54 Å². The van der Waals surface area contributed by atoms with Gasteiger partial charge >= 0.3 is 0 Å². The smallest absolute Gasteiger partial charge is 0.138 e. The Morgan fingerprint density at radius 1 is 1.26 bits per heavy atom. The summed E-state index contributed by atoms with van der Waals surface area (Å²) < 4.78 is 0. The van der Waals surface area contributed by atoms with E-state index in [-0.39, 0.29) is 11.5 Å². The van der Waals surface area contributed by atoms with E-state index in [1.54, 1.807) is 0 Å². The summed E-state index contributed by atoms with van der Waals surface area (Å²) >= 11 is 0. The number of aromatic nitrogens is 2. The molecule has 0 amide bonds. The van der Waals surface area contributed by atoms with Crippen LogP contribution in [-0.2, 0) is 5.41 Å². The normalized spacial score (nSPS) is 13.2. The molecule has 1 unspecified atom stereocenters. The molecule has 0 aromatic carbocycles. The first-order chi connectivity index (χ1) is 8.86. The van der Waals surface area contributed by atoms with Crippen LogP contribution in [0.1, 0.15) is 46.4 Å². The first kappa shape index (κ1) is 15.7. The zero-order chi connectivity index (χ0) is 14.5. The third-order valence-corrected chi connectivity index (χ3v) is 2.91. The van der Waals surface area contributed by atoms with Crippen LogP contribution in [0, 0.1) is 0 Å². The molecule has 1 aromatic rings. The highest BCUT2D eigenvalue weighted by molar-refractivity contribution is 5.47. The molecule has 0 saturated heterocycles. The lowest BCUT2D eigenvalue weighted by Gasteiger charge is -2.19. The number of anilines is 2. The van der Waals surface area contributed by atoms with Crippen LogP contribution in [0.15, 0.2) is 6.07 Å². The maximum Gasteiger partial charge on any atom is 0.138 e. The lowest BCUT2D eigenvalue weighted by molar-refractivity contribution is 0.164. The number of hydrogen-bond donors (Lipinski definition) is 3. The summed E-state index contributed by atoms with van der Waals surface area (Å²) in [6.45, 7) is 8.95. The molecule has 5 heteroatoms. The van der Waals surface area contributed by atoms with Gasteiger partial charge in [0.2, 0.25) is 0 Å². The Morgan fingerprint density at radius 2 is 1.89 bits per heavy atom. The lowest BCUT2D eigenvalue weighted by Crippen LogP contribution is -2.19. The second-order valence-corrected chi connectivity index (χ2v) is 5.74. The number of rotatable bonds is 6. The lowest BCUT2D eigenvalue weighted by atomic mass is 9.96. The Bertz CT molecular complexity index is 401. The number of aliphatic hydroxyl groups excluding tert-OH is 1. The average Bonchev–Trinajstić information content (AvgIpc) is 2.37. The van der Waals surface area contributed by atoms with Gasteiger partial charge in [-0.05, 0) is 12.8 Å². The summed E-state index contributed by atoms with van der Waals surface area (Å²) in [5, 5.41) is 15.8. The standard InChI is InChI=1S/C14H26N4O/c1-6-10(19)7-8-16-12-9-11(15-5)17-13(18-12)14(2,3)4/h9-10,19H,6-8H2,1-5H3,(H2,15,16,17,18). The number of nitrogens with zero attached hydrogens (tertiary/aromatic N) is 2. The van der Waals surface area contributed by atoms with Gasteiger partial charge in [-0.2, -0.15) is 0 Å². The van der Waals surface area contributed by atoms with Crippen LogP contribution >= 0.6 is 0 Å². The molecule has 5 nitrogen and oxygen atoms in total. The number of nitrogens with one attached hydrogen (secondary N) is 2. The molecular formula is C14H26N4O. The van der Waals surface area contributed by atoms with E-state index in [1.807, 2.05) is 20.0 Å². The fourth-order valence-electron chi connectivity index (χ4n) is 1.57. The van der Waals surface area contributed by atoms with Gasteiger partial charge in [-0.25, -0.2) is 9.97 Å². The Hall–Kier alpha value is -1.36. The summed E-state index contributed by atoms with van der Waals surface area (Å²) in [5.74, 6) is 2.41. The van der Waals surface area contributed by atoms with E-state index in [9.17, 15) is 5.11 Å². The predicted molar refractivity (Wildman–Crippen MR) is 79.7 cm³/mol. The Kier molecular flexibility index (Phi) is 5.54. The molecule has 1 heterocycles. The summed E-state index contributed by atoms with van der Waals surface area (Å²) in [5.41, 5.74) is -0.0910. The van der Waals surface area contributed by atoms with Crippen molar-refractivity contribution in [1.82, 2.24) is 9.97 Å². The van der Waals surface area contributed by atoms with Gasteiger partial charge in [-0.1, -0.05) is 27.7 Å². The molecular weight excluding hydrogens is 240 g/mol. The minimum absolute atomic E-state index is 0.0910. The Labute approximate surface area is 115 Å². The van der Waals surface area contributed by atoms with Crippen molar-refractivity contribution in [1.29, 1.82) is 0 Å². The SMILES string of the molecule is CCC(O)CCNc1cc(NC)nc(C(C)(C)C)n1.